The zero-order valence-electron chi connectivity index (χ0n) is 12.8. The average Bonchev–Trinajstić information content (AvgIpc) is 2.42. The number of amides is 1. The molecule has 2 rings (SSSR count). The van der Waals surface area contributed by atoms with Gasteiger partial charge in [-0.3, -0.25) is 4.79 Å². The fourth-order valence-corrected chi connectivity index (χ4v) is 2.89. The Morgan fingerprint density at radius 2 is 2.00 bits per heavy atom. The first kappa shape index (κ1) is 14.9. The van der Waals surface area contributed by atoms with E-state index in [4.69, 9.17) is 0 Å². The molecule has 0 aromatic heterocycles. The zero-order valence-corrected chi connectivity index (χ0v) is 12.8. The summed E-state index contributed by atoms with van der Waals surface area (Å²) in [7, 11) is 0. The molecule has 20 heavy (non-hydrogen) atoms. The van der Waals surface area contributed by atoms with E-state index in [1.165, 1.54) is 30.4 Å². The summed E-state index contributed by atoms with van der Waals surface area (Å²) in [5.74, 6) is 0.707. The van der Waals surface area contributed by atoms with E-state index in [1.807, 2.05) is 0 Å². The summed E-state index contributed by atoms with van der Waals surface area (Å²) in [5, 5.41) is 6.42. The molecule has 0 heterocycles. The normalized spacial score (nSPS) is 22.4. The number of rotatable bonds is 4. The van der Waals surface area contributed by atoms with Gasteiger partial charge in [0.1, 0.15) is 0 Å². The summed E-state index contributed by atoms with van der Waals surface area (Å²) in [4.78, 5) is 12.1. The second-order valence-corrected chi connectivity index (χ2v) is 6.11. The van der Waals surface area contributed by atoms with Gasteiger partial charge in [0.05, 0.1) is 6.54 Å². The molecule has 3 heteroatoms. The molecule has 0 spiro atoms. The van der Waals surface area contributed by atoms with E-state index >= 15 is 0 Å². The molecule has 0 unspecified atom stereocenters. The Bertz CT molecular complexity index is 470. The molecule has 2 atom stereocenters. The Kier molecular flexibility index (Phi) is 5.05. The van der Waals surface area contributed by atoms with Crippen LogP contribution in [0, 0.1) is 19.8 Å². The Balaban J connectivity index is 1.84. The van der Waals surface area contributed by atoms with Crippen molar-refractivity contribution in [3.05, 3.63) is 29.3 Å². The third kappa shape index (κ3) is 3.99. The van der Waals surface area contributed by atoms with Gasteiger partial charge in [-0.15, -0.1) is 0 Å². The fraction of sp³-hybridized carbons (Fsp3) is 0.588. The van der Waals surface area contributed by atoms with Gasteiger partial charge in [-0.1, -0.05) is 31.9 Å². The zero-order chi connectivity index (χ0) is 14.5. The number of anilines is 1. The molecule has 0 aliphatic heterocycles. The van der Waals surface area contributed by atoms with Crippen molar-refractivity contribution in [3.8, 4) is 0 Å². The van der Waals surface area contributed by atoms with Crippen molar-refractivity contribution in [2.45, 2.75) is 52.5 Å². The third-order valence-corrected chi connectivity index (χ3v) is 4.29. The van der Waals surface area contributed by atoms with E-state index in [2.05, 4.69) is 49.6 Å². The van der Waals surface area contributed by atoms with E-state index in [1.54, 1.807) is 0 Å². The number of carbonyl (C=O) groups is 1. The summed E-state index contributed by atoms with van der Waals surface area (Å²) in [5.41, 5.74) is 3.44. The van der Waals surface area contributed by atoms with Gasteiger partial charge in [-0.2, -0.15) is 0 Å². The molecule has 2 N–H and O–H groups in total. The molecule has 3 nitrogen and oxygen atoms in total. The fourth-order valence-electron chi connectivity index (χ4n) is 2.89. The molecule has 0 bridgehead atoms. The van der Waals surface area contributed by atoms with Crippen molar-refractivity contribution in [1.82, 2.24) is 5.32 Å². The van der Waals surface area contributed by atoms with Crippen LogP contribution >= 0.6 is 0 Å². The minimum Gasteiger partial charge on any atom is -0.376 e. The van der Waals surface area contributed by atoms with Crippen molar-refractivity contribution >= 4 is 11.6 Å². The van der Waals surface area contributed by atoms with Crippen molar-refractivity contribution in [1.29, 1.82) is 0 Å². The largest absolute Gasteiger partial charge is 0.376 e. The molecule has 1 amide bonds. The van der Waals surface area contributed by atoms with Gasteiger partial charge in [-0.25, -0.2) is 0 Å². The number of hydrogen-bond donors (Lipinski definition) is 2. The summed E-state index contributed by atoms with van der Waals surface area (Å²) in [6.45, 7) is 6.72. The highest BCUT2D eigenvalue weighted by atomic mass is 16.1. The van der Waals surface area contributed by atoms with Crippen LogP contribution in [0.5, 0.6) is 0 Å². The van der Waals surface area contributed by atoms with Crippen molar-refractivity contribution < 1.29 is 4.79 Å². The van der Waals surface area contributed by atoms with Crippen LogP contribution in [0.3, 0.4) is 0 Å². The standard InChI is InChI=1S/C17H26N2O/c1-12-8-9-14(3)16(10-12)18-11-17(20)19-15-7-5-4-6-13(15)2/h8-10,13,15,18H,4-7,11H2,1-3H3,(H,19,20)/t13-,15+/m1/s1. The molecule has 1 aliphatic carbocycles. The lowest BCUT2D eigenvalue weighted by atomic mass is 9.86. The average molecular weight is 274 g/mol. The van der Waals surface area contributed by atoms with Gasteiger partial charge in [0, 0.05) is 11.7 Å². The van der Waals surface area contributed by atoms with Gasteiger partial charge < -0.3 is 10.6 Å². The first-order valence-corrected chi connectivity index (χ1v) is 7.67. The highest BCUT2D eigenvalue weighted by Gasteiger charge is 2.22. The Morgan fingerprint density at radius 1 is 1.25 bits per heavy atom. The molecule has 110 valence electrons. The van der Waals surface area contributed by atoms with Crippen LogP contribution in [0.25, 0.3) is 0 Å². The van der Waals surface area contributed by atoms with Gasteiger partial charge in [0.15, 0.2) is 0 Å². The minimum absolute atomic E-state index is 0.102. The van der Waals surface area contributed by atoms with E-state index in [9.17, 15) is 4.79 Å². The first-order chi connectivity index (χ1) is 9.56. The number of aryl methyl sites for hydroxylation is 2. The summed E-state index contributed by atoms with van der Waals surface area (Å²) in [6.07, 6.45) is 4.89. The maximum absolute atomic E-state index is 12.1. The summed E-state index contributed by atoms with van der Waals surface area (Å²) in [6, 6.07) is 6.62. The molecule has 1 fully saturated rings. The quantitative estimate of drug-likeness (QED) is 0.883. The molecule has 1 aromatic carbocycles. The third-order valence-electron chi connectivity index (χ3n) is 4.29. The maximum Gasteiger partial charge on any atom is 0.239 e. The van der Waals surface area contributed by atoms with E-state index in [0.29, 0.717) is 18.5 Å². The Morgan fingerprint density at radius 3 is 2.75 bits per heavy atom. The second-order valence-electron chi connectivity index (χ2n) is 6.11. The van der Waals surface area contributed by atoms with Crippen LogP contribution < -0.4 is 10.6 Å². The van der Waals surface area contributed by atoms with E-state index in [0.717, 1.165) is 12.1 Å². The van der Waals surface area contributed by atoms with Crippen molar-refractivity contribution in [2.24, 2.45) is 5.92 Å². The lowest BCUT2D eigenvalue weighted by Gasteiger charge is -2.29. The molecule has 1 aliphatic rings. The summed E-state index contributed by atoms with van der Waals surface area (Å²) < 4.78 is 0. The first-order valence-electron chi connectivity index (χ1n) is 7.67. The molecular formula is C17H26N2O. The predicted molar refractivity (Wildman–Crippen MR) is 84.0 cm³/mol. The van der Waals surface area contributed by atoms with Crippen LogP contribution in [0.15, 0.2) is 18.2 Å². The lowest BCUT2D eigenvalue weighted by Crippen LogP contribution is -2.43. The molecule has 0 saturated heterocycles. The van der Waals surface area contributed by atoms with E-state index < -0.39 is 0 Å². The minimum atomic E-state index is 0.102. The topological polar surface area (TPSA) is 41.1 Å². The number of hydrogen-bond acceptors (Lipinski definition) is 2. The highest BCUT2D eigenvalue weighted by molar-refractivity contribution is 5.81. The van der Waals surface area contributed by atoms with Gasteiger partial charge in [0.2, 0.25) is 5.91 Å². The molecule has 1 saturated carbocycles. The SMILES string of the molecule is Cc1ccc(C)c(NCC(=O)N[C@H]2CCCC[C@H]2C)c1. The Labute approximate surface area is 122 Å². The molecular weight excluding hydrogens is 248 g/mol. The van der Waals surface area contributed by atoms with Gasteiger partial charge in [-0.05, 0) is 49.8 Å². The van der Waals surface area contributed by atoms with Gasteiger partial charge >= 0.3 is 0 Å². The van der Waals surface area contributed by atoms with Crippen LogP contribution in [-0.2, 0) is 4.79 Å². The number of benzene rings is 1. The number of nitrogens with one attached hydrogen (secondary N) is 2. The molecule has 1 aromatic rings. The molecule has 0 radical (unpaired) electrons. The monoisotopic (exact) mass is 274 g/mol. The maximum atomic E-state index is 12.1. The summed E-state index contributed by atoms with van der Waals surface area (Å²) >= 11 is 0. The van der Waals surface area contributed by atoms with Crippen LogP contribution in [0.1, 0.15) is 43.7 Å². The number of carbonyl (C=O) groups excluding carboxylic acids is 1. The van der Waals surface area contributed by atoms with Crippen molar-refractivity contribution in [2.75, 3.05) is 11.9 Å². The van der Waals surface area contributed by atoms with Gasteiger partial charge in [0.25, 0.3) is 0 Å². The van der Waals surface area contributed by atoms with Crippen LogP contribution in [0.2, 0.25) is 0 Å². The highest BCUT2D eigenvalue weighted by Crippen LogP contribution is 2.23. The predicted octanol–water partition coefficient (Wildman–Crippen LogP) is 3.41. The van der Waals surface area contributed by atoms with Crippen LogP contribution in [-0.4, -0.2) is 18.5 Å². The van der Waals surface area contributed by atoms with Crippen molar-refractivity contribution in [3.63, 3.8) is 0 Å². The Hall–Kier alpha value is -1.51. The second kappa shape index (κ2) is 6.78. The van der Waals surface area contributed by atoms with Crippen LogP contribution in [0.4, 0.5) is 5.69 Å². The van der Waals surface area contributed by atoms with E-state index in [-0.39, 0.29) is 5.91 Å². The lowest BCUT2D eigenvalue weighted by molar-refractivity contribution is -0.120. The smallest absolute Gasteiger partial charge is 0.239 e.